The van der Waals surface area contributed by atoms with E-state index in [0.717, 1.165) is 5.52 Å². The number of likely N-dealkylation sites (N-methyl/N-ethyl adjacent to an activating group) is 1. The van der Waals surface area contributed by atoms with Crippen molar-refractivity contribution in [3.05, 3.63) is 58.4 Å². The van der Waals surface area contributed by atoms with Gasteiger partial charge in [-0.1, -0.05) is 12.1 Å². The van der Waals surface area contributed by atoms with E-state index >= 15 is 0 Å². The molecule has 2 aromatic carbocycles. The number of fused-ring (bicyclic) bond motifs is 2. The van der Waals surface area contributed by atoms with Gasteiger partial charge in [-0.3, -0.25) is 9.59 Å². The number of carbonyl (C=O) groups excluding carboxylic acids is 1. The molecule has 4 N–H and O–H groups in total. The van der Waals surface area contributed by atoms with Gasteiger partial charge in [0.15, 0.2) is 5.69 Å². The fraction of sp³-hybridized carbons (Fsp3) is 0.227. The number of benzene rings is 2. The van der Waals surface area contributed by atoms with Crippen molar-refractivity contribution in [1.82, 2.24) is 19.9 Å². The highest BCUT2D eigenvalue weighted by molar-refractivity contribution is 6.04. The smallest absolute Gasteiger partial charge is 0.276 e. The van der Waals surface area contributed by atoms with Gasteiger partial charge < -0.3 is 25.3 Å². The van der Waals surface area contributed by atoms with Gasteiger partial charge in [-0.15, -0.1) is 0 Å². The van der Waals surface area contributed by atoms with Crippen molar-refractivity contribution < 1.29 is 9.53 Å². The number of ether oxygens (including phenoxy) is 1. The molecule has 0 spiro atoms. The van der Waals surface area contributed by atoms with Gasteiger partial charge in [-0.25, -0.2) is 4.98 Å². The minimum Gasteiger partial charge on any atom is -0.396 e. The van der Waals surface area contributed by atoms with E-state index in [4.69, 9.17) is 10.5 Å². The Morgan fingerprint density at radius 1 is 1.17 bits per heavy atom. The number of anilines is 1. The van der Waals surface area contributed by atoms with Crippen LogP contribution in [0.1, 0.15) is 17.3 Å². The van der Waals surface area contributed by atoms with Gasteiger partial charge in [-0.2, -0.15) is 0 Å². The van der Waals surface area contributed by atoms with Crippen LogP contribution in [0.15, 0.2) is 47.3 Å². The number of carbonyl (C=O) groups is 1. The minimum atomic E-state index is -0.333. The summed E-state index contributed by atoms with van der Waals surface area (Å²) in [4.78, 5) is 37.7. The molecular formula is C22H23N5O3. The molecular weight excluding hydrogens is 382 g/mol. The monoisotopic (exact) mass is 405 g/mol. The molecule has 2 aromatic heterocycles. The standard InChI is InChI=1S/C22H23N5O3/c1-3-27(10-11-30-2)22(29)13-8-9-15-14(12-13)18(23)19(24-15)20-21(28)26-17-7-5-4-6-16(17)25-20/h4-9,12,24H,3,10-11,23H2,1-2H3,(H,26,28). The van der Waals surface area contributed by atoms with Gasteiger partial charge in [0.1, 0.15) is 0 Å². The Morgan fingerprint density at radius 3 is 2.73 bits per heavy atom. The van der Waals surface area contributed by atoms with E-state index in [1.165, 1.54) is 0 Å². The number of nitrogens with one attached hydrogen (secondary N) is 2. The van der Waals surface area contributed by atoms with E-state index in [2.05, 4.69) is 15.0 Å². The molecule has 0 aliphatic carbocycles. The lowest BCUT2D eigenvalue weighted by Crippen LogP contribution is -2.33. The number of methoxy groups -OCH3 is 1. The molecule has 30 heavy (non-hydrogen) atoms. The highest BCUT2D eigenvalue weighted by atomic mass is 16.5. The summed E-state index contributed by atoms with van der Waals surface area (Å²) in [6.45, 7) is 3.47. The number of para-hydroxylation sites is 2. The molecule has 154 valence electrons. The van der Waals surface area contributed by atoms with Gasteiger partial charge >= 0.3 is 0 Å². The zero-order valence-corrected chi connectivity index (χ0v) is 16.9. The highest BCUT2D eigenvalue weighted by Gasteiger charge is 2.19. The SMILES string of the molecule is CCN(CCOC)C(=O)c1ccc2[nH]c(-c3nc4ccccc4[nH]c3=O)c(N)c2c1. The van der Waals surface area contributed by atoms with Crippen molar-refractivity contribution in [1.29, 1.82) is 0 Å². The van der Waals surface area contributed by atoms with Crippen molar-refractivity contribution in [3.63, 3.8) is 0 Å². The zero-order chi connectivity index (χ0) is 21.3. The van der Waals surface area contributed by atoms with Crippen LogP contribution < -0.4 is 11.3 Å². The lowest BCUT2D eigenvalue weighted by atomic mass is 10.1. The number of H-pyrrole nitrogens is 2. The molecule has 0 saturated carbocycles. The maximum absolute atomic E-state index is 12.9. The van der Waals surface area contributed by atoms with E-state index in [0.29, 0.717) is 53.1 Å². The summed E-state index contributed by atoms with van der Waals surface area (Å²) in [6, 6.07) is 12.6. The molecule has 0 unspecified atom stereocenters. The summed E-state index contributed by atoms with van der Waals surface area (Å²) in [5.41, 5.74) is 9.65. The molecule has 0 fully saturated rings. The maximum Gasteiger partial charge on any atom is 0.276 e. The van der Waals surface area contributed by atoms with Crippen molar-refractivity contribution in [3.8, 4) is 11.4 Å². The number of amides is 1. The minimum absolute atomic E-state index is 0.0970. The Kier molecular flexibility index (Phi) is 5.24. The predicted octanol–water partition coefficient (Wildman–Crippen LogP) is 2.76. The summed E-state index contributed by atoms with van der Waals surface area (Å²) < 4.78 is 5.09. The third kappa shape index (κ3) is 3.42. The van der Waals surface area contributed by atoms with Crippen LogP contribution in [0.2, 0.25) is 0 Å². The van der Waals surface area contributed by atoms with Crippen LogP contribution in [-0.4, -0.2) is 52.6 Å². The zero-order valence-electron chi connectivity index (χ0n) is 16.9. The number of aromatic nitrogens is 3. The summed E-state index contributed by atoms with van der Waals surface area (Å²) in [5.74, 6) is -0.0970. The van der Waals surface area contributed by atoms with Gasteiger partial charge in [0.05, 0.1) is 29.0 Å². The first-order valence-corrected chi connectivity index (χ1v) is 9.72. The van der Waals surface area contributed by atoms with E-state index < -0.39 is 0 Å². The number of rotatable bonds is 6. The van der Waals surface area contributed by atoms with Crippen molar-refractivity contribution in [2.24, 2.45) is 0 Å². The average Bonchev–Trinajstić information content (AvgIpc) is 3.09. The molecule has 0 saturated heterocycles. The second-order valence-corrected chi connectivity index (χ2v) is 6.98. The number of hydrogen-bond donors (Lipinski definition) is 3. The first-order chi connectivity index (χ1) is 14.5. The second kappa shape index (κ2) is 8.00. The fourth-order valence-corrected chi connectivity index (χ4v) is 3.52. The topological polar surface area (TPSA) is 117 Å². The molecule has 1 amide bonds. The second-order valence-electron chi connectivity index (χ2n) is 6.98. The average molecular weight is 405 g/mol. The normalized spacial score (nSPS) is 11.3. The highest BCUT2D eigenvalue weighted by Crippen LogP contribution is 2.31. The Hall–Kier alpha value is -3.65. The van der Waals surface area contributed by atoms with Gasteiger partial charge in [-0.05, 0) is 37.3 Å². The van der Waals surface area contributed by atoms with E-state index in [1.54, 1.807) is 36.3 Å². The van der Waals surface area contributed by atoms with E-state index in [-0.39, 0.29) is 17.2 Å². The number of nitrogen functional groups attached to an aromatic ring is 1. The molecule has 2 heterocycles. The summed E-state index contributed by atoms with van der Waals surface area (Å²) >= 11 is 0. The number of aromatic amines is 2. The Labute approximate surface area is 172 Å². The molecule has 0 atom stereocenters. The van der Waals surface area contributed by atoms with Crippen LogP contribution in [0.4, 0.5) is 5.69 Å². The maximum atomic E-state index is 12.9. The Balaban J connectivity index is 1.78. The van der Waals surface area contributed by atoms with Crippen molar-refractivity contribution in [2.75, 3.05) is 32.5 Å². The first kappa shape index (κ1) is 19.7. The lowest BCUT2D eigenvalue weighted by molar-refractivity contribution is 0.0706. The quantitative estimate of drug-likeness (QED) is 0.456. The van der Waals surface area contributed by atoms with Crippen LogP contribution in [0.25, 0.3) is 33.3 Å². The van der Waals surface area contributed by atoms with Gasteiger partial charge in [0, 0.05) is 36.7 Å². The van der Waals surface area contributed by atoms with Crippen molar-refractivity contribution >= 4 is 33.5 Å². The molecule has 4 rings (SSSR count). The third-order valence-corrected chi connectivity index (χ3v) is 5.16. The molecule has 0 radical (unpaired) electrons. The number of nitrogens with zero attached hydrogens (tertiary/aromatic N) is 2. The molecule has 4 aromatic rings. The van der Waals surface area contributed by atoms with Crippen LogP contribution in [-0.2, 0) is 4.74 Å². The van der Waals surface area contributed by atoms with Crippen LogP contribution >= 0.6 is 0 Å². The number of nitrogens with two attached hydrogens (primary N) is 1. The summed E-state index contributed by atoms with van der Waals surface area (Å²) in [7, 11) is 1.61. The Bertz CT molecular complexity index is 1290. The predicted molar refractivity (Wildman–Crippen MR) is 118 cm³/mol. The number of hydrogen-bond acceptors (Lipinski definition) is 5. The first-order valence-electron chi connectivity index (χ1n) is 9.72. The summed E-state index contributed by atoms with van der Waals surface area (Å²) in [6.07, 6.45) is 0. The third-order valence-electron chi connectivity index (χ3n) is 5.16. The van der Waals surface area contributed by atoms with E-state index in [9.17, 15) is 9.59 Å². The van der Waals surface area contributed by atoms with E-state index in [1.807, 2.05) is 25.1 Å². The molecule has 0 aliphatic rings. The molecule has 8 heteroatoms. The van der Waals surface area contributed by atoms with Crippen LogP contribution in [0.3, 0.4) is 0 Å². The molecule has 0 aliphatic heterocycles. The molecule has 8 nitrogen and oxygen atoms in total. The largest absolute Gasteiger partial charge is 0.396 e. The van der Waals surface area contributed by atoms with Crippen molar-refractivity contribution in [2.45, 2.75) is 6.92 Å². The summed E-state index contributed by atoms with van der Waals surface area (Å²) in [5, 5.41) is 0.674. The van der Waals surface area contributed by atoms with Gasteiger partial charge in [0.25, 0.3) is 11.5 Å². The van der Waals surface area contributed by atoms with Gasteiger partial charge in [0.2, 0.25) is 0 Å². The Morgan fingerprint density at radius 2 is 1.97 bits per heavy atom. The fourth-order valence-electron chi connectivity index (χ4n) is 3.52. The molecule has 0 bridgehead atoms. The van der Waals surface area contributed by atoms with Crippen LogP contribution in [0.5, 0.6) is 0 Å². The van der Waals surface area contributed by atoms with Crippen LogP contribution in [0, 0.1) is 0 Å². The lowest BCUT2D eigenvalue weighted by Gasteiger charge is -2.20.